The Morgan fingerprint density at radius 1 is 1.33 bits per heavy atom. The maximum absolute atomic E-state index is 6.22. The molecule has 0 aromatic carbocycles. The molecule has 2 unspecified atom stereocenters. The van der Waals surface area contributed by atoms with Gasteiger partial charge in [-0.05, 0) is 26.2 Å². The molecule has 18 heavy (non-hydrogen) atoms. The standard InChI is InChI=1S/C14H28N2O2/c1-2-18-14(8-5-3-4-6-9-14)13(16-15)12-7-10-17-11-12/h12-13,16H,2-11,15H2,1H3. The molecule has 1 aliphatic heterocycles. The van der Waals surface area contributed by atoms with E-state index in [0.717, 1.165) is 39.1 Å². The van der Waals surface area contributed by atoms with E-state index in [4.69, 9.17) is 15.3 Å². The summed E-state index contributed by atoms with van der Waals surface area (Å²) in [6.07, 6.45) is 8.53. The molecule has 106 valence electrons. The zero-order valence-electron chi connectivity index (χ0n) is 11.6. The SMILES string of the molecule is CCOC1(C(NN)C2CCOC2)CCCCCC1. The number of hydrazine groups is 1. The maximum atomic E-state index is 6.22. The topological polar surface area (TPSA) is 56.5 Å². The van der Waals surface area contributed by atoms with Crippen molar-refractivity contribution in [3.8, 4) is 0 Å². The third-order valence-corrected chi connectivity index (χ3v) is 4.56. The fourth-order valence-corrected chi connectivity index (χ4v) is 3.69. The van der Waals surface area contributed by atoms with Gasteiger partial charge in [0.15, 0.2) is 0 Å². The van der Waals surface area contributed by atoms with Gasteiger partial charge in [-0.25, -0.2) is 0 Å². The molecule has 0 aromatic rings. The molecule has 2 atom stereocenters. The van der Waals surface area contributed by atoms with Crippen LogP contribution >= 0.6 is 0 Å². The Morgan fingerprint density at radius 2 is 2.06 bits per heavy atom. The minimum Gasteiger partial charge on any atom is -0.381 e. The third-order valence-electron chi connectivity index (χ3n) is 4.56. The lowest BCUT2D eigenvalue weighted by atomic mass is 9.79. The average Bonchev–Trinajstić information content (AvgIpc) is 2.78. The lowest BCUT2D eigenvalue weighted by molar-refractivity contribution is -0.0904. The number of rotatable bonds is 5. The Morgan fingerprint density at radius 3 is 2.56 bits per heavy atom. The Kier molecular flexibility index (Phi) is 5.42. The molecule has 0 aromatic heterocycles. The summed E-state index contributed by atoms with van der Waals surface area (Å²) < 4.78 is 11.8. The average molecular weight is 256 g/mol. The van der Waals surface area contributed by atoms with Gasteiger partial charge in [-0.15, -0.1) is 0 Å². The Hall–Kier alpha value is -0.160. The molecule has 1 saturated carbocycles. The van der Waals surface area contributed by atoms with Crippen molar-refractivity contribution in [3.63, 3.8) is 0 Å². The molecule has 0 amide bonds. The normalized spacial score (nSPS) is 30.0. The van der Waals surface area contributed by atoms with Gasteiger partial charge >= 0.3 is 0 Å². The van der Waals surface area contributed by atoms with E-state index < -0.39 is 0 Å². The molecule has 4 nitrogen and oxygen atoms in total. The molecule has 2 aliphatic rings. The van der Waals surface area contributed by atoms with Crippen molar-refractivity contribution in [2.24, 2.45) is 11.8 Å². The zero-order chi connectivity index (χ0) is 12.8. The molecule has 3 N–H and O–H groups in total. The highest BCUT2D eigenvalue weighted by Crippen LogP contribution is 2.37. The van der Waals surface area contributed by atoms with Gasteiger partial charge in [0.2, 0.25) is 0 Å². The van der Waals surface area contributed by atoms with E-state index in [1.807, 2.05) is 0 Å². The fraction of sp³-hybridized carbons (Fsp3) is 1.00. The summed E-state index contributed by atoms with van der Waals surface area (Å²) in [4.78, 5) is 0. The summed E-state index contributed by atoms with van der Waals surface area (Å²) in [6.45, 7) is 4.55. The first-order valence-electron chi connectivity index (χ1n) is 7.50. The monoisotopic (exact) mass is 256 g/mol. The van der Waals surface area contributed by atoms with Crippen LogP contribution in [-0.2, 0) is 9.47 Å². The van der Waals surface area contributed by atoms with E-state index in [9.17, 15) is 0 Å². The molecular weight excluding hydrogens is 228 g/mol. The highest BCUT2D eigenvalue weighted by Gasteiger charge is 2.44. The first-order valence-corrected chi connectivity index (χ1v) is 7.50. The van der Waals surface area contributed by atoms with E-state index in [-0.39, 0.29) is 11.6 Å². The Labute approximate surface area is 111 Å². The fourth-order valence-electron chi connectivity index (χ4n) is 3.69. The Bertz CT molecular complexity index is 234. The minimum atomic E-state index is -0.0711. The summed E-state index contributed by atoms with van der Waals surface area (Å²) >= 11 is 0. The van der Waals surface area contributed by atoms with Crippen LogP contribution in [0.4, 0.5) is 0 Å². The molecule has 1 heterocycles. The third kappa shape index (κ3) is 3.05. The van der Waals surface area contributed by atoms with Crippen molar-refractivity contribution in [2.75, 3.05) is 19.8 Å². The van der Waals surface area contributed by atoms with Gasteiger partial charge in [0.05, 0.1) is 18.2 Å². The van der Waals surface area contributed by atoms with Crippen molar-refractivity contribution in [1.29, 1.82) is 0 Å². The van der Waals surface area contributed by atoms with Crippen LogP contribution < -0.4 is 11.3 Å². The lowest BCUT2D eigenvalue weighted by Crippen LogP contribution is -2.58. The summed E-state index contributed by atoms with van der Waals surface area (Å²) in [5.41, 5.74) is 2.99. The zero-order valence-corrected chi connectivity index (χ0v) is 11.6. The highest BCUT2D eigenvalue weighted by atomic mass is 16.5. The molecule has 0 spiro atoms. The minimum absolute atomic E-state index is 0.0711. The maximum Gasteiger partial charge on any atom is 0.0851 e. The molecule has 2 rings (SSSR count). The van der Waals surface area contributed by atoms with E-state index in [1.165, 1.54) is 25.7 Å². The van der Waals surface area contributed by atoms with Gasteiger partial charge < -0.3 is 9.47 Å². The number of hydrogen-bond acceptors (Lipinski definition) is 4. The van der Waals surface area contributed by atoms with Gasteiger partial charge in [-0.1, -0.05) is 25.7 Å². The second kappa shape index (κ2) is 6.85. The van der Waals surface area contributed by atoms with Crippen LogP contribution in [-0.4, -0.2) is 31.5 Å². The highest BCUT2D eigenvalue weighted by molar-refractivity contribution is 4.98. The van der Waals surface area contributed by atoms with Crippen LogP contribution in [0.3, 0.4) is 0 Å². The summed E-state index contributed by atoms with van der Waals surface area (Å²) in [5, 5.41) is 0. The van der Waals surface area contributed by atoms with Crippen molar-refractivity contribution in [1.82, 2.24) is 5.43 Å². The summed E-state index contributed by atoms with van der Waals surface area (Å²) in [5.74, 6) is 6.36. The molecule has 0 bridgehead atoms. The van der Waals surface area contributed by atoms with Crippen LogP contribution in [0.5, 0.6) is 0 Å². The van der Waals surface area contributed by atoms with Crippen molar-refractivity contribution in [2.45, 2.75) is 63.5 Å². The molecular formula is C14H28N2O2. The second-order valence-electron chi connectivity index (χ2n) is 5.68. The van der Waals surface area contributed by atoms with Gasteiger partial charge in [0.25, 0.3) is 0 Å². The molecule has 4 heteroatoms. The number of ether oxygens (including phenoxy) is 2. The van der Waals surface area contributed by atoms with Gasteiger partial charge in [-0.2, -0.15) is 0 Å². The summed E-state index contributed by atoms with van der Waals surface area (Å²) in [7, 11) is 0. The molecule has 1 aliphatic carbocycles. The van der Waals surface area contributed by atoms with Crippen molar-refractivity contribution >= 4 is 0 Å². The number of nitrogens with one attached hydrogen (secondary N) is 1. The van der Waals surface area contributed by atoms with Gasteiger partial charge in [0, 0.05) is 19.1 Å². The Balaban J connectivity index is 2.13. The van der Waals surface area contributed by atoms with Crippen molar-refractivity contribution < 1.29 is 9.47 Å². The number of nitrogens with two attached hydrogens (primary N) is 1. The van der Waals surface area contributed by atoms with Crippen LogP contribution in [0.15, 0.2) is 0 Å². The van der Waals surface area contributed by atoms with E-state index in [0.29, 0.717) is 5.92 Å². The van der Waals surface area contributed by atoms with Gasteiger partial charge in [0.1, 0.15) is 0 Å². The molecule has 0 radical (unpaired) electrons. The lowest BCUT2D eigenvalue weighted by Gasteiger charge is -2.42. The molecule has 2 fully saturated rings. The predicted octanol–water partition coefficient (Wildman–Crippen LogP) is 1.98. The number of hydrogen-bond donors (Lipinski definition) is 2. The largest absolute Gasteiger partial charge is 0.381 e. The van der Waals surface area contributed by atoms with Crippen LogP contribution in [0.25, 0.3) is 0 Å². The first-order chi connectivity index (χ1) is 8.82. The second-order valence-corrected chi connectivity index (χ2v) is 5.68. The molecule has 1 saturated heterocycles. The van der Waals surface area contributed by atoms with E-state index in [1.54, 1.807) is 0 Å². The quantitative estimate of drug-likeness (QED) is 0.449. The first kappa shape index (κ1) is 14.3. The summed E-state index contributed by atoms with van der Waals surface area (Å²) in [6, 6.07) is 0.234. The van der Waals surface area contributed by atoms with Crippen LogP contribution in [0, 0.1) is 5.92 Å². The van der Waals surface area contributed by atoms with E-state index >= 15 is 0 Å². The predicted molar refractivity (Wildman–Crippen MR) is 72.1 cm³/mol. The van der Waals surface area contributed by atoms with E-state index in [2.05, 4.69) is 12.3 Å². The van der Waals surface area contributed by atoms with Crippen molar-refractivity contribution in [3.05, 3.63) is 0 Å². The smallest absolute Gasteiger partial charge is 0.0851 e. The van der Waals surface area contributed by atoms with Crippen LogP contribution in [0.1, 0.15) is 51.9 Å². The van der Waals surface area contributed by atoms with Crippen LogP contribution in [0.2, 0.25) is 0 Å². The van der Waals surface area contributed by atoms with Gasteiger partial charge in [-0.3, -0.25) is 11.3 Å².